The second-order valence-corrected chi connectivity index (χ2v) is 9.20. The zero-order valence-corrected chi connectivity index (χ0v) is 19.0. The van der Waals surface area contributed by atoms with Crippen LogP contribution in [0.5, 0.6) is 11.5 Å². The number of benzene rings is 2. The molecule has 162 valence electrons. The Hall–Kier alpha value is -3.04. The molecule has 2 aromatic carbocycles. The number of nitrogens with zero attached hydrogens (tertiary/aromatic N) is 2. The molecule has 0 radical (unpaired) electrons. The molecule has 0 saturated carbocycles. The Morgan fingerprint density at radius 1 is 1.13 bits per heavy atom. The van der Waals surface area contributed by atoms with Gasteiger partial charge in [-0.15, -0.1) is 11.0 Å². The third kappa shape index (κ3) is 5.00. The minimum atomic E-state index is -3.98. The molecular formula is C22H22N2O5S2. The minimum absolute atomic E-state index is 0.0615. The van der Waals surface area contributed by atoms with Gasteiger partial charge in [-0.05, 0) is 49.0 Å². The van der Waals surface area contributed by atoms with Crippen molar-refractivity contribution in [3.63, 3.8) is 0 Å². The highest BCUT2D eigenvalue weighted by molar-refractivity contribution is 8.19. The van der Waals surface area contributed by atoms with Gasteiger partial charge in [-0.25, -0.2) is 0 Å². The van der Waals surface area contributed by atoms with Gasteiger partial charge in [0.2, 0.25) is 0 Å². The third-order valence-electron chi connectivity index (χ3n) is 4.44. The van der Waals surface area contributed by atoms with E-state index >= 15 is 0 Å². The van der Waals surface area contributed by atoms with Gasteiger partial charge >= 0.3 is 0 Å². The van der Waals surface area contributed by atoms with E-state index in [1.54, 1.807) is 43.5 Å². The molecule has 1 aliphatic heterocycles. The lowest BCUT2D eigenvalue weighted by Gasteiger charge is -2.12. The molecule has 0 spiro atoms. The molecule has 0 aliphatic carbocycles. The van der Waals surface area contributed by atoms with Gasteiger partial charge in [0, 0.05) is 18.2 Å². The fraction of sp³-hybridized carbons (Fsp3) is 0.182. The Morgan fingerprint density at radius 3 is 2.45 bits per heavy atom. The van der Waals surface area contributed by atoms with Crippen LogP contribution in [0.1, 0.15) is 11.1 Å². The van der Waals surface area contributed by atoms with E-state index in [-0.39, 0.29) is 22.5 Å². The number of amidine groups is 1. The van der Waals surface area contributed by atoms with Gasteiger partial charge in [0.25, 0.3) is 15.9 Å². The summed E-state index contributed by atoms with van der Waals surface area (Å²) in [4.78, 5) is 14.6. The van der Waals surface area contributed by atoms with Crippen LogP contribution in [0.2, 0.25) is 0 Å². The molecule has 1 aliphatic rings. The van der Waals surface area contributed by atoms with Gasteiger partial charge in [0.05, 0.1) is 24.0 Å². The van der Waals surface area contributed by atoms with E-state index in [1.807, 2.05) is 6.92 Å². The van der Waals surface area contributed by atoms with Crippen molar-refractivity contribution in [2.24, 2.45) is 4.40 Å². The number of hydrogen-bond donors (Lipinski definition) is 0. The Morgan fingerprint density at radius 2 is 1.84 bits per heavy atom. The highest BCUT2D eigenvalue weighted by Gasteiger charge is 2.34. The monoisotopic (exact) mass is 458 g/mol. The molecule has 0 aromatic heterocycles. The van der Waals surface area contributed by atoms with Gasteiger partial charge in [-0.3, -0.25) is 9.69 Å². The van der Waals surface area contributed by atoms with Crippen molar-refractivity contribution >= 4 is 38.9 Å². The molecule has 1 saturated heterocycles. The second kappa shape index (κ2) is 9.40. The summed E-state index contributed by atoms with van der Waals surface area (Å²) >= 11 is 0.989. The molecule has 9 heteroatoms. The molecule has 1 heterocycles. The van der Waals surface area contributed by atoms with Crippen LogP contribution in [0.15, 0.2) is 69.3 Å². The van der Waals surface area contributed by atoms with Crippen molar-refractivity contribution < 1.29 is 22.7 Å². The topological polar surface area (TPSA) is 85.3 Å². The third-order valence-corrected chi connectivity index (χ3v) is 6.85. The number of hydrogen-bond acceptors (Lipinski definition) is 6. The van der Waals surface area contributed by atoms with Crippen LogP contribution in [0, 0.1) is 6.92 Å². The molecule has 0 bridgehead atoms. The first-order valence-electron chi connectivity index (χ1n) is 9.25. The average molecular weight is 459 g/mol. The predicted octanol–water partition coefficient (Wildman–Crippen LogP) is 3.86. The largest absolute Gasteiger partial charge is 0.497 e. The number of ether oxygens (including phenoxy) is 2. The lowest BCUT2D eigenvalue weighted by atomic mass is 10.1. The van der Waals surface area contributed by atoms with Crippen LogP contribution in [-0.2, 0) is 14.8 Å². The Bertz CT molecular complexity index is 1170. The number of carbonyl (C=O) groups excluding carboxylic acids is 1. The fourth-order valence-corrected chi connectivity index (χ4v) is 4.99. The quantitative estimate of drug-likeness (QED) is 0.463. The summed E-state index contributed by atoms with van der Waals surface area (Å²) in [5, 5.41) is 0.0733. The summed E-state index contributed by atoms with van der Waals surface area (Å²) in [5.41, 5.74) is 1.59. The molecule has 0 N–H and O–H groups in total. The highest BCUT2D eigenvalue weighted by atomic mass is 32.2. The number of methoxy groups -OCH3 is 2. The van der Waals surface area contributed by atoms with Crippen LogP contribution in [0.3, 0.4) is 0 Å². The van der Waals surface area contributed by atoms with Crippen LogP contribution in [-0.4, -0.2) is 45.2 Å². The molecule has 3 rings (SSSR count). The molecule has 7 nitrogen and oxygen atoms in total. The summed E-state index contributed by atoms with van der Waals surface area (Å²) in [6, 6.07) is 11.6. The molecule has 0 unspecified atom stereocenters. The average Bonchev–Trinajstić information content (AvgIpc) is 3.03. The smallest absolute Gasteiger partial charge is 0.284 e. The molecule has 1 fully saturated rings. The predicted molar refractivity (Wildman–Crippen MR) is 123 cm³/mol. The number of thioether (sulfide) groups is 1. The van der Waals surface area contributed by atoms with Gasteiger partial charge in [-0.2, -0.15) is 8.42 Å². The molecular weight excluding hydrogens is 436 g/mol. The Kier molecular flexibility index (Phi) is 6.87. The number of amides is 1. The van der Waals surface area contributed by atoms with Crippen molar-refractivity contribution in [1.82, 2.24) is 4.90 Å². The second-order valence-electron chi connectivity index (χ2n) is 6.58. The summed E-state index contributed by atoms with van der Waals surface area (Å²) < 4.78 is 40.1. The van der Waals surface area contributed by atoms with E-state index in [2.05, 4.69) is 11.0 Å². The summed E-state index contributed by atoms with van der Waals surface area (Å²) in [6.07, 6.45) is 3.16. The maximum atomic E-state index is 12.9. The summed E-state index contributed by atoms with van der Waals surface area (Å²) in [5.74, 6) is 0.776. The number of carbonyl (C=O) groups is 1. The standard InChI is InChI=1S/C22H22N2O5S2/c1-5-12-24-21(25)20(13-16-8-9-17(28-3)14-19(16)29-4)30-22(24)23-31(26,27)18-10-6-15(2)7-11-18/h5-11,13-14H,1,12H2,2-4H3/b20-13-,23-22-. The molecule has 0 atom stereocenters. The van der Waals surface area contributed by atoms with Crippen LogP contribution in [0.4, 0.5) is 0 Å². The first-order valence-corrected chi connectivity index (χ1v) is 11.5. The van der Waals surface area contributed by atoms with Crippen molar-refractivity contribution in [1.29, 1.82) is 0 Å². The zero-order chi connectivity index (χ0) is 22.6. The first kappa shape index (κ1) is 22.6. The zero-order valence-electron chi connectivity index (χ0n) is 17.4. The normalized spacial score (nSPS) is 16.7. The van der Waals surface area contributed by atoms with E-state index in [4.69, 9.17) is 9.47 Å². The van der Waals surface area contributed by atoms with E-state index in [0.717, 1.165) is 17.3 Å². The lowest BCUT2D eigenvalue weighted by molar-refractivity contribution is -0.121. The van der Waals surface area contributed by atoms with E-state index in [0.29, 0.717) is 22.0 Å². The van der Waals surface area contributed by atoms with Gasteiger partial charge in [0.15, 0.2) is 5.17 Å². The lowest BCUT2D eigenvalue weighted by Crippen LogP contribution is -2.29. The Labute approximate surface area is 186 Å². The van der Waals surface area contributed by atoms with Crippen LogP contribution < -0.4 is 9.47 Å². The van der Waals surface area contributed by atoms with Crippen LogP contribution >= 0.6 is 11.8 Å². The number of aryl methyl sites for hydroxylation is 1. The van der Waals surface area contributed by atoms with Crippen molar-refractivity contribution in [2.75, 3.05) is 20.8 Å². The summed E-state index contributed by atoms with van der Waals surface area (Å²) in [6.45, 7) is 5.65. The highest BCUT2D eigenvalue weighted by Crippen LogP contribution is 2.36. The minimum Gasteiger partial charge on any atom is -0.497 e. The first-order chi connectivity index (χ1) is 14.8. The van der Waals surface area contributed by atoms with Crippen molar-refractivity contribution in [3.05, 3.63) is 71.2 Å². The fourth-order valence-electron chi connectivity index (χ4n) is 2.81. The number of rotatable bonds is 7. The number of sulfonamides is 1. The maximum Gasteiger partial charge on any atom is 0.284 e. The van der Waals surface area contributed by atoms with Gasteiger partial charge < -0.3 is 9.47 Å². The maximum absolute atomic E-state index is 12.9. The van der Waals surface area contributed by atoms with Crippen LogP contribution in [0.25, 0.3) is 6.08 Å². The van der Waals surface area contributed by atoms with Gasteiger partial charge in [-0.1, -0.05) is 23.8 Å². The van der Waals surface area contributed by atoms with Crippen molar-refractivity contribution in [2.45, 2.75) is 11.8 Å². The van der Waals surface area contributed by atoms with E-state index in [9.17, 15) is 13.2 Å². The SMILES string of the molecule is C=CCN1C(=O)/C(=C/c2ccc(OC)cc2OC)S/C1=N\S(=O)(=O)c1ccc(C)cc1. The van der Waals surface area contributed by atoms with Gasteiger partial charge in [0.1, 0.15) is 11.5 Å². The molecule has 1 amide bonds. The Balaban J connectivity index is 2.01. The van der Waals surface area contributed by atoms with Crippen molar-refractivity contribution in [3.8, 4) is 11.5 Å². The molecule has 31 heavy (non-hydrogen) atoms. The van der Waals surface area contributed by atoms with E-state index < -0.39 is 10.0 Å². The summed E-state index contributed by atoms with van der Waals surface area (Å²) in [7, 11) is -0.914. The molecule has 2 aromatic rings. The van der Waals surface area contributed by atoms with E-state index in [1.165, 1.54) is 30.2 Å².